The summed E-state index contributed by atoms with van der Waals surface area (Å²) < 4.78 is 2.85. The van der Waals surface area contributed by atoms with E-state index in [1.807, 2.05) is 24.7 Å². The minimum Gasteiger partial charge on any atom is -0.388 e. The lowest BCUT2D eigenvalue weighted by molar-refractivity contribution is 0.174. The molecular weight excluding hydrogens is 316 g/mol. The fourth-order valence-electron chi connectivity index (χ4n) is 2.78. The number of hydrogen-bond acceptors (Lipinski definition) is 2. The minimum atomic E-state index is -0.474. The van der Waals surface area contributed by atoms with Crippen LogP contribution in [0.25, 0.3) is 0 Å². The van der Waals surface area contributed by atoms with Gasteiger partial charge in [-0.05, 0) is 52.7 Å². The van der Waals surface area contributed by atoms with Crippen LogP contribution in [0.3, 0.4) is 0 Å². The number of benzene rings is 1. The molecule has 1 unspecified atom stereocenters. The Kier molecular flexibility index (Phi) is 3.69. The van der Waals surface area contributed by atoms with E-state index in [4.69, 9.17) is 0 Å². The van der Waals surface area contributed by atoms with Gasteiger partial charge in [-0.25, -0.2) is 0 Å². The maximum Gasteiger partial charge on any atom is 0.0848 e. The van der Waals surface area contributed by atoms with Crippen LogP contribution in [0.5, 0.6) is 0 Å². The van der Waals surface area contributed by atoms with Gasteiger partial charge in [0.15, 0.2) is 0 Å². The third-order valence-corrected chi connectivity index (χ3v) is 5.05. The molecule has 1 aromatic carbocycles. The average Bonchev–Trinajstić information content (AvgIpc) is 3.24. The number of halogens is 1. The van der Waals surface area contributed by atoms with Gasteiger partial charge in [0.05, 0.1) is 22.0 Å². The van der Waals surface area contributed by atoms with Crippen molar-refractivity contribution in [1.82, 2.24) is 9.78 Å². The van der Waals surface area contributed by atoms with Crippen molar-refractivity contribution in [3.8, 4) is 0 Å². The van der Waals surface area contributed by atoms with Gasteiger partial charge in [0.25, 0.3) is 0 Å². The lowest BCUT2D eigenvalue weighted by atomic mass is 9.96. The van der Waals surface area contributed by atoms with Crippen molar-refractivity contribution < 1.29 is 5.11 Å². The monoisotopic (exact) mass is 334 g/mol. The standard InChI is InChI=1S/C16H19BrN2O/c1-10-16(17)14(19(2)18-10)9-15(20)13-6-4-3-5-12(13)11-7-8-11/h3-6,11,15,20H,7-9H2,1-2H3. The number of aliphatic hydroxyl groups is 1. The van der Waals surface area contributed by atoms with E-state index in [2.05, 4.69) is 39.2 Å². The van der Waals surface area contributed by atoms with Crippen LogP contribution in [0.4, 0.5) is 0 Å². The number of aromatic nitrogens is 2. The predicted molar refractivity (Wildman–Crippen MR) is 82.7 cm³/mol. The third kappa shape index (κ3) is 2.54. The van der Waals surface area contributed by atoms with Gasteiger partial charge in [-0.3, -0.25) is 4.68 Å². The van der Waals surface area contributed by atoms with E-state index in [9.17, 15) is 5.11 Å². The van der Waals surface area contributed by atoms with Gasteiger partial charge < -0.3 is 5.11 Å². The third-order valence-electron chi connectivity index (χ3n) is 4.02. The van der Waals surface area contributed by atoms with Crippen molar-refractivity contribution in [2.24, 2.45) is 7.05 Å². The van der Waals surface area contributed by atoms with Gasteiger partial charge in [0.1, 0.15) is 0 Å². The van der Waals surface area contributed by atoms with Crippen LogP contribution in [0.15, 0.2) is 28.7 Å². The Morgan fingerprint density at radius 1 is 1.40 bits per heavy atom. The van der Waals surface area contributed by atoms with Gasteiger partial charge in [0, 0.05) is 13.5 Å². The first-order valence-corrected chi connectivity index (χ1v) is 7.82. The van der Waals surface area contributed by atoms with Crippen molar-refractivity contribution in [1.29, 1.82) is 0 Å². The Balaban J connectivity index is 1.88. The van der Waals surface area contributed by atoms with Crippen LogP contribution in [0.1, 0.15) is 47.4 Å². The molecule has 2 aromatic rings. The molecule has 1 aliphatic rings. The molecule has 1 saturated carbocycles. The summed E-state index contributed by atoms with van der Waals surface area (Å²) >= 11 is 3.57. The number of hydrogen-bond donors (Lipinski definition) is 1. The molecule has 106 valence electrons. The van der Waals surface area contributed by atoms with Gasteiger partial charge in [-0.1, -0.05) is 24.3 Å². The lowest BCUT2D eigenvalue weighted by Gasteiger charge is -2.16. The summed E-state index contributed by atoms with van der Waals surface area (Å²) in [5.74, 6) is 0.651. The average molecular weight is 335 g/mol. The molecular formula is C16H19BrN2O. The van der Waals surface area contributed by atoms with E-state index >= 15 is 0 Å². The first-order valence-electron chi connectivity index (χ1n) is 7.02. The molecule has 0 amide bonds. The van der Waals surface area contributed by atoms with Gasteiger partial charge in [0.2, 0.25) is 0 Å². The van der Waals surface area contributed by atoms with Crippen molar-refractivity contribution in [3.05, 3.63) is 51.3 Å². The van der Waals surface area contributed by atoms with E-state index < -0.39 is 6.10 Å². The van der Waals surface area contributed by atoms with Crippen LogP contribution in [-0.2, 0) is 13.5 Å². The summed E-state index contributed by atoms with van der Waals surface area (Å²) in [4.78, 5) is 0. The van der Waals surface area contributed by atoms with E-state index in [0.717, 1.165) is 21.4 Å². The van der Waals surface area contributed by atoms with Crippen LogP contribution < -0.4 is 0 Å². The quantitative estimate of drug-likeness (QED) is 0.926. The molecule has 1 heterocycles. The van der Waals surface area contributed by atoms with Gasteiger partial charge in [-0.15, -0.1) is 0 Å². The summed E-state index contributed by atoms with van der Waals surface area (Å²) in [6, 6.07) is 8.27. The molecule has 0 bridgehead atoms. The summed E-state index contributed by atoms with van der Waals surface area (Å²) in [5, 5.41) is 15.0. The SMILES string of the molecule is Cc1nn(C)c(CC(O)c2ccccc2C2CC2)c1Br. The fraction of sp³-hybridized carbons (Fsp3) is 0.438. The number of rotatable bonds is 4. The first-order chi connectivity index (χ1) is 9.58. The molecule has 0 saturated heterocycles. The van der Waals surface area contributed by atoms with Gasteiger partial charge in [-0.2, -0.15) is 5.10 Å². The molecule has 1 N–H and O–H groups in total. The normalized spacial score (nSPS) is 16.4. The van der Waals surface area contributed by atoms with Crippen molar-refractivity contribution in [2.75, 3.05) is 0 Å². The Bertz CT molecular complexity index is 631. The zero-order chi connectivity index (χ0) is 14.3. The molecule has 3 nitrogen and oxygen atoms in total. The Hall–Kier alpha value is -1.13. The van der Waals surface area contributed by atoms with Crippen molar-refractivity contribution in [3.63, 3.8) is 0 Å². The van der Waals surface area contributed by atoms with E-state index in [0.29, 0.717) is 12.3 Å². The largest absolute Gasteiger partial charge is 0.388 e. The second-order valence-corrected chi connectivity index (χ2v) is 6.39. The molecule has 1 aliphatic carbocycles. The van der Waals surface area contributed by atoms with Crippen LogP contribution in [-0.4, -0.2) is 14.9 Å². The first kappa shape index (κ1) is 13.8. The number of aryl methyl sites for hydroxylation is 2. The second kappa shape index (κ2) is 5.34. The lowest BCUT2D eigenvalue weighted by Crippen LogP contribution is -2.08. The van der Waals surface area contributed by atoms with Crippen LogP contribution in [0, 0.1) is 6.92 Å². The van der Waals surface area contributed by atoms with E-state index in [1.165, 1.54) is 18.4 Å². The predicted octanol–water partition coefficient (Wildman–Crippen LogP) is 3.64. The molecule has 0 aliphatic heterocycles. The molecule has 4 heteroatoms. The highest BCUT2D eigenvalue weighted by atomic mass is 79.9. The molecule has 20 heavy (non-hydrogen) atoms. The zero-order valence-corrected chi connectivity index (χ0v) is 13.4. The molecule has 0 radical (unpaired) electrons. The highest BCUT2D eigenvalue weighted by Gasteiger charge is 2.28. The van der Waals surface area contributed by atoms with Crippen molar-refractivity contribution in [2.45, 2.75) is 38.2 Å². The van der Waals surface area contributed by atoms with Crippen LogP contribution >= 0.6 is 15.9 Å². The highest BCUT2D eigenvalue weighted by molar-refractivity contribution is 9.10. The summed E-state index contributed by atoms with van der Waals surface area (Å²) in [5.41, 5.74) is 4.39. The van der Waals surface area contributed by atoms with Crippen LogP contribution in [0.2, 0.25) is 0 Å². The highest BCUT2D eigenvalue weighted by Crippen LogP contribution is 2.43. The Morgan fingerprint density at radius 3 is 2.70 bits per heavy atom. The number of aliphatic hydroxyl groups excluding tert-OH is 1. The van der Waals surface area contributed by atoms with E-state index in [1.54, 1.807) is 0 Å². The summed E-state index contributed by atoms with van der Waals surface area (Å²) in [7, 11) is 1.92. The van der Waals surface area contributed by atoms with Gasteiger partial charge >= 0.3 is 0 Å². The molecule has 3 rings (SSSR count). The summed E-state index contributed by atoms with van der Waals surface area (Å²) in [6.07, 6.45) is 2.61. The van der Waals surface area contributed by atoms with E-state index in [-0.39, 0.29) is 0 Å². The Labute approximate surface area is 127 Å². The fourth-order valence-corrected chi connectivity index (χ4v) is 3.27. The second-order valence-electron chi connectivity index (χ2n) is 5.59. The maximum absolute atomic E-state index is 10.6. The Morgan fingerprint density at radius 2 is 2.10 bits per heavy atom. The maximum atomic E-state index is 10.6. The number of nitrogens with zero attached hydrogens (tertiary/aromatic N) is 2. The zero-order valence-electron chi connectivity index (χ0n) is 11.8. The minimum absolute atomic E-state index is 0.474. The smallest absolute Gasteiger partial charge is 0.0848 e. The topological polar surface area (TPSA) is 38.0 Å². The molecule has 1 atom stereocenters. The van der Waals surface area contributed by atoms with Crippen molar-refractivity contribution >= 4 is 15.9 Å². The molecule has 0 spiro atoms. The molecule has 1 aromatic heterocycles. The summed E-state index contributed by atoms with van der Waals surface area (Å²) in [6.45, 7) is 1.97. The molecule has 1 fully saturated rings.